The molecule has 0 saturated carbocycles. The Kier molecular flexibility index (Phi) is 4.17. The monoisotopic (exact) mass is 345 g/mol. The zero-order chi connectivity index (χ0) is 14.0. The van der Waals surface area contributed by atoms with E-state index < -0.39 is 12.1 Å². The van der Waals surface area contributed by atoms with Gasteiger partial charge in [-0.25, -0.2) is 13.5 Å². The van der Waals surface area contributed by atoms with Gasteiger partial charge in [0.15, 0.2) is 0 Å². The topological polar surface area (TPSA) is 41.6 Å². The van der Waals surface area contributed by atoms with Gasteiger partial charge in [-0.2, -0.15) is 10.4 Å². The molecule has 1 heterocycles. The van der Waals surface area contributed by atoms with E-state index in [1.807, 2.05) is 24.3 Å². The zero-order valence-electron chi connectivity index (χ0n) is 9.45. The van der Waals surface area contributed by atoms with Gasteiger partial charge >= 0.3 is 0 Å². The highest BCUT2D eigenvalue weighted by Crippen LogP contribution is 2.27. The van der Waals surface area contributed by atoms with Crippen molar-refractivity contribution in [3.63, 3.8) is 0 Å². The number of nitriles is 1. The van der Waals surface area contributed by atoms with Gasteiger partial charge in [-0.3, -0.25) is 0 Å². The molecule has 0 fully saturated rings. The molecule has 98 valence electrons. The van der Waals surface area contributed by atoms with Crippen LogP contribution in [0.1, 0.15) is 23.2 Å². The quantitative estimate of drug-likeness (QED) is 0.837. The highest BCUT2D eigenvalue weighted by atomic mass is 79.9. The van der Waals surface area contributed by atoms with Crippen molar-refractivity contribution >= 4 is 27.5 Å². The minimum Gasteiger partial charge on any atom is -0.248 e. The Morgan fingerprint density at radius 2 is 2.00 bits per heavy atom. The smallest absolute Gasteiger partial charge is 0.248 e. The van der Waals surface area contributed by atoms with Crippen LogP contribution in [-0.4, -0.2) is 9.78 Å². The van der Waals surface area contributed by atoms with Crippen molar-refractivity contribution in [2.24, 2.45) is 0 Å². The van der Waals surface area contributed by atoms with Gasteiger partial charge in [-0.15, -0.1) is 0 Å². The maximum Gasteiger partial charge on any atom is 0.283 e. The van der Waals surface area contributed by atoms with Crippen LogP contribution in [-0.2, 0) is 6.54 Å². The van der Waals surface area contributed by atoms with Crippen LogP contribution < -0.4 is 0 Å². The van der Waals surface area contributed by atoms with Crippen LogP contribution in [0, 0.1) is 11.3 Å². The van der Waals surface area contributed by atoms with Crippen LogP contribution in [0.4, 0.5) is 8.78 Å². The van der Waals surface area contributed by atoms with Crippen molar-refractivity contribution in [3.05, 3.63) is 50.7 Å². The summed E-state index contributed by atoms with van der Waals surface area (Å²) in [5.74, 6) is 0. The number of hydrogen-bond donors (Lipinski definition) is 0. The first-order valence-corrected chi connectivity index (χ1v) is 6.39. The summed E-state index contributed by atoms with van der Waals surface area (Å²) in [6.45, 7) is 0.230. The fraction of sp³-hybridized carbons (Fsp3) is 0.167. The van der Waals surface area contributed by atoms with Gasteiger partial charge in [-0.1, -0.05) is 39.7 Å². The molecule has 0 bridgehead atoms. The second-order valence-corrected chi connectivity index (χ2v) is 5.02. The molecule has 0 aliphatic heterocycles. The van der Waals surface area contributed by atoms with Crippen molar-refractivity contribution in [1.29, 1.82) is 5.26 Å². The molecule has 7 heteroatoms. The van der Waals surface area contributed by atoms with Gasteiger partial charge < -0.3 is 0 Å². The molecule has 2 rings (SSSR count). The minimum absolute atomic E-state index is 0.0688. The van der Waals surface area contributed by atoms with Crippen molar-refractivity contribution < 1.29 is 8.78 Å². The van der Waals surface area contributed by atoms with E-state index in [-0.39, 0.29) is 17.3 Å². The molecule has 0 unspecified atom stereocenters. The Morgan fingerprint density at radius 3 is 2.47 bits per heavy atom. The van der Waals surface area contributed by atoms with Crippen LogP contribution >= 0.6 is 27.5 Å². The van der Waals surface area contributed by atoms with E-state index in [9.17, 15) is 8.78 Å². The third kappa shape index (κ3) is 2.94. The van der Waals surface area contributed by atoms with Crippen LogP contribution in [0.25, 0.3) is 0 Å². The van der Waals surface area contributed by atoms with E-state index in [2.05, 4.69) is 21.0 Å². The number of nitrogens with zero attached hydrogens (tertiary/aromatic N) is 3. The molecule has 0 aliphatic carbocycles. The number of benzene rings is 1. The van der Waals surface area contributed by atoms with E-state index >= 15 is 0 Å². The van der Waals surface area contributed by atoms with E-state index in [1.54, 1.807) is 6.07 Å². The van der Waals surface area contributed by atoms with Crippen LogP contribution in [0.3, 0.4) is 0 Å². The fourth-order valence-electron chi connectivity index (χ4n) is 1.58. The average Bonchev–Trinajstić information content (AvgIpc) is 2.69. The molecule has 1 aromatic carbocycles. The van der Waals surface area contributed by atoms with Gasteiger partial charge in [0.1, 0.15) is 22.5 Å². The molecule has 0 saturated heterocycles. The largest absolute Gasteiger partial charge is 0.283 e. The van der Waals surface area contributed by atoms with Crippen molar-refractivity contribution in [2.45, 2.75) is 13.0 Å². The fourth-order valence-corrected chi connectivity index (χ4v) is 2.08. The number of alkyl halides is 2. The van der Waals surface area contributed by atoms with E-state index in [0.717, 1.165) is 10.0 Å². The SMILES string of the molecule is N#Cc1c(C(F)F)nn(Cc2ccc(Br)cc2)c1Cl. The maximum absolute atomic E-state index is 12.7. The molecule has 1 aromatic heterocycles. The number of halogens is 4. The molecule has 0 atom stereocenters. The lowest BCUT2D eigenvalue weighted by molar-refractivity contribution is 0.144. The summed E-state index contributed by atoms with van der Waals surface area (Å²) in [6.07, 6.45) is -2.82. The third-order valence-electron chi connectivity index (χ3n) is 2.48. The Labute approximate surface area is 121 Å². The minimum atomic E-state index is -2.82. The van der Waals surface area contributed by atoms with Gasteiger partial charge in [0.05, 0.1) is 6.54 Å². The summed E-state index contributed by atoms with van der Waals surface area (Å²) in [5.41, 5.74) is -0.00343. The molecule has 0 N–H and O–H groups in total. The number of rotatable bonds is 3. The molecule has 0 amide bonds. The lowest BCUT2D eigenvalue weighted by Gasteiger charge is -2.03. The molecule has 0 spiro atoms. The predicted octanol–water partition coefficient (Wildman–Crippen LogP) is 4.16. The summed E-state index contributed by atoms with van der Waals surface area (Å²) in [5, 5.41) is 12.5. The predicted molar refractivity (Wildman–Crippen MR) is 70.2 cm³/mol. The highest BCUT2D eigenvalue weighted by Gasteiger charge is 2.23. The standard InChI is InChI=1S/C12H7BrClF2N3/c13-8-3-1-7(2-4-8)6-19-11(14)9(5-17)10(18-19)12(15)16/h1-4,12H,6H2. The molecule has 0 radical (unpaired) electrons. The lowest BCUT2D eigenvalue weighted by atomic mass is 10.2. The zero-order valence-corrected chi connectivity index (χ0v) is 11.8. The second kappa shape index (κ2) is 5.68. The summed E-state index contributed by atoms with van der Waals surface area (Å²) in [7, 11) is 0. The first kappa shape index (κ1) is 14.0. The summed E-state index contributed by atoms with van der Waals surface area (Å²) in [4.78, 5) is 0. The van der Waals surface area contributed by atoms with Gasteiger partial charge in [-0.05, 0) is 17.7 Å². The second-order valence-electron chi connectivity index (χ2n) is 3.75. The number of hydrogen-bond acceptors (Lipinski definition) is 2. The maximum atomic E-state index is 12.7. The molecule has 0 aliphatic rings. The molecular weight excluding hydrogens is 340 g/mol. The van der Waals surface area contributed by atoms with Gasteiger partial charge in [0.25, 0.3) is 6.43 Å². The van der Waals surface area contributed by atoms with Gasteiger partial charge in [0.2, 0.25) is 0 Å². The third-order valence-corrected chi connectivity index (χ3v) is 3.39. The summed E-state index contributed by atoms with van der Waals surface area (Å²) < 4.78 is 27.5. The highest BCUT2D eigenvalue weighted by molar-refractivity contribution is 9.10. The molecular formula is C12H7BrClF2N3. The Balaban J connectivity index is 2.36. The molecule has 19 heavy (non-hydrogen) atoms. The molecule has 3 nitrogen and oxygen atoms in total. The Hall–Kier alpha value is -1.45. The van der Waals surface area contributed by atoms with Crippen molar-refractivity contribution in [3.8, 4) is 6.07 Å². The van der Waals surface area contributed by atoms with Crippen LogP contribution in [0.2, 0.25) is 5.15 Å². The van der Waals surface area contributed by atoms with Crippen LogP contribution in [0.15, 0.2) is 28.7 Å². The number of aromatic nitrogens is 2. The Morgan fingerprint density at radius 1 is 1.37 bits per heavy atom. The normalized spacial score (nSPS) is 10.7. The molecule has 2 aromatic rings. The van der Waals surface area contributed by atoms with Crippen molar-refractivity contribution in [2.75, 3.05) is 0 Å². The van der Waals surface area contributed by atoms with E-state index in [0.29, 0.717) is 0 Å². The first-order valence-electron chi connectivity index (χ1n) is 5.22. The van der Waals surface area contributed by atoms with Gasteiger partial charge in [0, 0.05) is 4.47 Å². The average molecular weight is 347 g/mol. The van der Waals surface area contributed by atoms with E-state index in [4.69, 9.17) is 16.9 Å². The van der Waals surface area contributed by atoms with Crippen LogP contribution in [0.5, 0.6) is 0 Å². The summed E-state index contributed by atoms with van der Waals surface area (Å²) in [6, 6.07) is 8.94. The summed E-state index contributed by atoms with van der Waals surface area (Å²) >= 11 is 9.19. The van der Waals surface area contributed by atoms with E-state index in [1.165, 1.54) is 4.68 Å². The lowest BCUT2D eigenvalue weighted by Crippen LogP contribution is -2.02. The Bertz CT molecular complexity index is 632. The first-order chi connectivity index (χ1) is 9.02. The van der Waals surface area contributed by atoms with Crippen molar-refractivity contribution in [1.82, 2.24) is 9.78 Å².